The zero-order chi connectivity index (χ0) is 14.7. The fourth-order valence-electron chi connectivity index (χ4n) is 2.49. The van der Waals surface area contributed by atoms with Gasteiger partial charge in [0.25, 0.3) is 0 Å². The average molecular weight is 292 g/mol. The lowest BCUT2D eigenvalue weighted by molar-refractivity contribution is 0.575. The van der Waals surface area contributed by atoms with Crippen molar-refractivity contribution in [3.05, 3.63) is 69.5 Å². The maximum atomic E-state index is 13.6. The smallest absolute Gasteiger partial charge is 0.142 e. The molecule has 0 aromatic heterocycles. The van der Waals surface area contributed by atoms with Crippen LogP contribution in [-0.4, -0.2) is 7.05 Å². The Bertz CT molecular complexity index is 590. The van der Waals surface area contributed by atoms with Gasteiger partial charge in [0.05, 0.1) is 5.02 Å². The van der Waals surface area contributed by atoms with Gasteiger partial charge in [-0.25, -0.2) is 4.39 Å². The zero-order valence-electron chi connectivity index (χ0n) is 12.0. The second-order valence-electron chi connectivity index (χ2n) is 5.09. The number of halogens is 2. The molecule has 0 saturated heterocycles. The third-order valence-electron chi connectivity index (χ3n) is 3.75. The summed E-state index contributed by atoms with van der Waals surface area (Å²) in [7, 11) is 1.89. The lowest BCUT2D eigenvalue weighted by atomic mass is 9.93. The minimum atomic E-state index is -0.370. The number of likely N-dealkylation sites (N-methyl/N-ethyl adjacent to an activating group) is 1. The van der Waals surface area contributed by atoms with Crippen LogP contribution in [0.15, 0.2) is 36.4 Å². The average Bonchev–Trinajstić information content (AvgIpc) is 2.42. The summed E-state index contributed by atoms with van der Waals surface area (Å²) in [5.74, 6) is -0.370. The molecule has 2 aromatic carbocycles. The number of hydrogen-bond donors (Lipinski definition) is 1. The molecule has 2 rings (SSSR count). The first-order valence-corrected chi connectivity index (χ1v) is 7.08. The van der Waals surface area contributed by atoms with Crippen LogP contribution >= 0.6 is 11.6 Å². The Morgan fingerprint density at radius 1 is 1.15 bits per heavy atom. The van der Waals surface area contributed by atoms with Crippen LogP contribution in [0.1, 0.15) is 28.3 Å². The highest BCUT2D eigenvalue weighted by Crippen LogP contribution is 2.25. The van der Waals surface area contributed by atoms with Crippen molar-refractivity contribution in [2.75, 3.05) is 7.05 Å². The molecule has 0 amide bonds. The molecule has 20 heavy (non-hydrogen) atoms. The lowest BCUT2D eigenvalue weighted by Gasteiger charge is -2.20. The third-order valence-corrected chi connectivity index (χ3v) is 4.05. The highest BCUT2D eigenvalue weighted by atomic mass is 35.5. The normalized spacial score (nSPS) is 12.4. The molecule has 2 aromatic rings. The van der Waals surface area contributed by atoms with E-state index in [9.17, 15) is 4.39 Å². The van der Waals surface area contributed by atoms with E-state index in [4.69, 9.17) is 11.6 Å². The summed E-state index contributed by atoms with van der Waals surface area (Å²) in [5.41, 5.74) is 4.75. The van der Waals surface area contributed by atoms with Gasteiger partial charge in [-0.2, -0.15) is 0 Å². The lowest BCUT2D eigenvalue weighted by Crippen LogP contribution is -2.20. The van der Waals surface area contributed by atoms with Crippen molar-refractivity contribution in [3.63, 3.8) is 0 Å². The molecule has 0 fully saturated rings. The van der Waals surface area contributed by atoms with Gasteiger partial charge in [0, 0.05) is 6.04 Å². The van der Waals surface area contributed by atoms with Gasteiger partial charge in [0.15, 0.2) is 0 Å². The second kappa shape index (κ2) is 6.38. The van der Waals surface area contributed by atoms with Crippen LogP contribution in [-0.2, 0) is 6.42 Å². The highest BCUT2D eigenvalue weighted by molar-refractivity contribution is 6.30. The van der Waals surface area contributed by atoms with Crippen molar-refractivity contribution in [1.82, 2.24) is 5.32 Å². The molecule has 0 spiro atoms. The molecule has 0 aliphatic heterocycles. The quantitative estimate of drug-likeness (QED) is 0.868. The van der Waals surface area contributed by atoms with Gasteiger partial charge < -0.3 is 5.32 Å². The number of aryl methyl sites for hydroxylation is 2. The molecule has 0 bridgehead atoms. The molecule has 0 radical (unpaired) electrons. The van der Waals surface area contributed by atoms with Crippen molar-refractivity contribution in [3.8, 4) is 0 Å². The van der Waals surface area contributed by atoms with Crippen molar-refractivity contribution in [1.29, 1.82) is 0 Å². The summed E-state index contributed by atoms with van der Waals surface area (Å²) in [4.78, 5) is 0. The molecule has 1 atom stereocenters. The number of hydrogen-bond acceptors (Lipinski definition) is 1. The zero-order valence-corrected chi connectivity index (χ0v) is 12.8. The molecular weight excluding hydrogens is 273 g/mol. The molecular formula is C17H19ClFN. The van der Waals surface area contributed by atoms with Gasteiger partial charge in [-0.3, -0.25) is 0 Å². The molecule has 0 saturated carbocycles. The van der Waals surface area contributed by atoms with Crippen molar-refractivity contribution in [2.24, 2.45) is 0 Å². The van der Waals surface area contributed by atoms with Gasteiger partial charge in [0.2, 0.25) is 0 Å². The Balaban J connectivity index is 2.31. The first kappa shape index (κ1) is 15.0. The molecule has 1 N–H and O–H groups in total. The topological polar surface area (TPSA) is 12.0 Å². The number of nitrogens with one attached hydrogen (secondary N) is 1. The van der Waals surface area contributed by atoms with E-state index in [1.807, 2.05) is 13.1 Å². The van der Waals surface area contributed by atoms with Crippen LogP contribution in [0.5, 0.6) is 0 Å². The largest absolute Gasteiger partial charge is 0.313 e. The molecule has 0 aliphatic rings. The van der Waals surface area contributed by atoms with E-state index in [0.717, 1.165) is 12.0 Å². The van der Waals surface area contributed by atoms with Crippen LogP contribution in [0.25, 0.3) is 0 Å². The van der Waals surface area contributed by atoms with Crippen LogP contribution in [0.2, 0.25) is 5.02 Å². The van der Waals surface area contributed by atoms with Crippen LogP contribution in [0.3, 0.4) is 0 Å². The minimum Gasteiger partial charge on any atom is -0.313 e. The fourth-order valence-corrected chi connectivity index (χ4v) is 2.61. The predicted octanol–water partition coefficient (Wildman–Crippen LogP) is 4.60. The molecule has 1 unspecified atom stereocenters. The van der Waals surface area contributed by atoms with E-state index in [2.05, 4.69) is 37.4 Å². The summed E-state index contributed by atoms with van der Waals surface area (Å²) < 4.78 is 13.6. The highest BCUT2D eigenvalue weighted by Gasteiger charge is 2.14. The molecule has 3 heteroatoms. The van der Waals surface area contributed by atoms with E-state index in [1.165, 1.54) is 22.8 Å². The van der Waals surface area contributed by atoms with Crippen molar-refractivity contribution in [2.45, 2.75) is 26.3 Å². The van der Waals surface area contributed by atoms with Crippen molar-refractivity contribution >= 4 is 11.6 Å². The summed E-state index contributed by atoms with van der Waals surface area (Å²) in [6, 6.07) is 11.3. The Morgan fingerprint density at radius 3 is 2.35 bits per heavy atom. The van der Waals surface area contributed by atoms with E-state index in [1.54, 1.807) is 6.07 Å². The van der Waals surface area contributed by atoms with Gasteiger partial charge in [-0.05, 0) is 61.7 Å². The van der Waals surface area contributed by atoms with Gasteiger partial charge in [0.1, 0.15) is 5.82 Å². The predicted molar refractivity (Wildman–Crippen MR) is 82.8 cm³/mol. The maximum absolute atomic E-state index is 13.6. The van der Waals surface area contributed by atoms with Crippen LogP contribution < -0.4 is 5.32 Å². The monoisotopic (exact) mass is 291 g/mol. The van der Waals surface area contributed by atoms with Gasteiger partial charge in [-0.15, -0.1) is 0 Å². The van der Waals surface area contributed by atoms with Gasteiger partial charge >= 0.3 is 0 Å². The summed E-state index contributed by atoms with van der Waals surface area (Å²) in [6.07, 6.45) is 0.829. The standard InChI is InChI=1S/C17H19ClFN/c1-11-5-4-6-12(2)14(11)10-17(20-3)13-7-8-15(18)16(19)9-13/h4-9,17,20H,10H2,1-3H3. The Hall–Kier alpha value is -1.38. The summed E-state index contributed by atoms with van der Waals surface area (Å²) in [6.45, 7) is 4.22. The van der Waals surface area contributed by atoms with Crippen LogP contribution in [0.4, 0.5) is 4.39 Å². The first-order valence-electron chi connectivity index (χ1n) is 6.70. The van der Waals surface area contributed by atoms with E-state index in [-0.39, 0.29) is 16.9 Å². The first-order chi connectivity index (χ1) is 9.52. The summed E-state index contributed by atoms with van der Waals surface area (Å²) >= 11 is 5.74. The Kier molecular flexibility index (Phi) is 4.79. The number of rotatable bonds is 4. The SMILES string of the molecule is CNC(Cc1c(C)cccc1C)c1ccc(Cl)c(F)c1. The number of benzene rings is 2. The van der Waals surface area contributed by atoms with E-state index >= 15 is 0 Å². The van der Waals surface area contributed by atoms with E-state index in [0.29, 0.717) is 0 Å². The fraction of sp³-hybridized carbons (Fsp3) is 0.294. The molecule has 1 nitrogen and oxygen atoms in total. The minimum absolute atomic E-state index is 0.0709. The second-order valence-corrected chi connectivity index (χ2v) is 5.50. The summed E-state index contributed by atoms with van der Waals surface area (Å²) in [5, 5.41) is 3.42. The molecule has 106 valence electrons. The maximum Gasteiger partial charge on any atom is 0.142 e. The Labute approximate surface area is 124 Å². The Morgan fingerprint density at radius 2 is 1.80 bits per heavy atom. The van der Waals surface area contributed by atoms with Gasteiger partial charge in [-0.1, -0.05) is 35.9 Å². The van der Waals surface area contributed by atoms with Crippen LogP contribution in [0, 0.1) is 19.7 Å². The third kappa shape index (κ3) is 3.20. The molecule has 0 aliphatic carbocycles. The molecule has 0 heterocycles. The van der Waals surface area contributed by atoms with E-state index < -0.39 is 0 Å². The van der Waals surface area contributed by atoms with Crippen molar-refractivity contribution < 1.29 is 4.39 Å².